The topological polar surface area (TPSA) is 56.0 Å². The molecule has 2 aromatic rings. The molecule has 0 aliphatic carbocycles. The van der Waals surface area contributed by atoms with Crippen molar-refractivity contribution in [2.45, 2.75) is 25.7 Å². The summed E-state index contributed by atoms with van der Waals surface area (Å²) in [7, 11) is 0. The van der Waals surface area contributed by atoms with Crippen LogP contribution in [-0.2, 0) is 11.2 Å². The predicted octanol–water partition coefficient (Wildman–Crippen LogP) is 2.49. The zero-order valence-corrected chi connectivity index (χ0v) is 9.80. The van der Waals surface area contributed by atoms with E-state index in [2.05, 4.69) is 11.1 Å². The van der Waals surface area contributed by atoms with Gasteiger partial charge in [-0.05, 0) is 31.4 Å². The number of thiazole rings is 1. The van der Waals surface area contributed by atoms with Crippen molar-refractivity contribution in [3.8, 4) is 0 Å². The minimum Gasteiger partial charge on any atom is -0.370 e. The van der Waals surface area contributed by atoms with Gasteiger partial charge in [0.1, 0.15) is 0 Å². The summed E-state index contributed by atoms with van der Waals surface area (Å²) in [4.78, 5) is 15.1. The molecule has 0 aliphatic heterocycles. The molecule has 1 aromatic heterocycles. The van der Waals surface area contributed by atoms with Crippen LogP contribution < -0.4 is 5.73 Å². The van der Waals surface area contributed by atoms with Crippen LogP contribution in [-0.4, -0.2) is 10.9 Å². The third-order valence-corrected chi connectivity index (χ3v) is 3.50. The molecule has 2 rings (SSSR count). The van der Waals surface area contributed by atoms with Crippen LogP contribution in [0.5, 0.6) is 0 Å². The van der Waals surface area contributed by atoms with E-state index in [1.54, 1.807) is 11.3 Å². The Hall–Kier alpha value is -1.42. The fraction of sp³-hybridized carbons (Fsp3) is 0.333. The number of carbonyl (C=O) groups excluding carboxylic acids is 1. The van der Waals surface area contributed by atoms with Crippen LogP contribution in [0.4, 0.5) is 0 Å². The minimum absolute atomic E-state index is 0.218. The minimum atomic E-state index is -0.218. The number of aryl methyl sites for hydroxylation is 1. The highest BCUT2D eigenvalue weighted by Gasteiger charge is 2.03. The summed E-state index contributed by atoms with van der Waals surface area (Å²) in [6.45, 7) is 0. The number of amides is 1. The molecule has 0 atom stereocenters. The number of para-hydroxylation sites is 1. The molecule has 1 amide bonds. The van der Waals surface area contributed by atoms with Crippen LogP contribution in [0.2, 0.25) is 0 Å². The molecular weight excluding hydrogens is 220 g/mol. The summed E-state index contributed by atoms with van der Waals surface area (Å²) in [5.74, 6) is -0.218. The lowest BCUT2D eigenvalue weighted by Gasteiger charge is -1.94. The maximum atomic E-state index is 10.6. The van der Waals surface area contributed by atoms with Gasteiger partial charge in [0.25, 0.3) is 0 Å². The maximum Gasteiger partial charge on any atom is 0.217 e. The van der Waals surface area contributed by atoms with Crippen LogP contribution in [0, 0.1) is 0 Å². The molecule has 84 valence electrons. The average molecular weight is 234 g/mol. The summed E-state index contributed by atoms with van der Waals surface area (Å²) in [5.41, 5.74) is 6.15. The molecule has 0 fully saturated rings. The zero-order chi connectivity index (χ0) is 11.4. The number of carbonyl (C=O) groups is 1. The number of rotatable bonds is 5. The van der Waals surface area contributed by atoms with E-state index in [1.165, 1.54) is 4.70 Å². The molecule has 2 N–H and O–H groups in total. The molecular formula is C12H14N2OS. The standard InChI is InChI=1S/C12H14N2OS/c13-11(15)7-3-4-8-12-14-9-5-1-2-6-10(9)16-12/h1-2,5-6H,3-4,7-8H2,(H2,13,15). The van der Waals surface area contributed by atoms with Gasteiger partial charge in [-0.3, -0.25) is 4.79 Å². The Bertz CT molecular complexity index is 459. The smallest absolute Gasteiger partial charge is 0.217 e. The van der Waals surface area contributed by atoms with Crippen molar-refractivity contribution >= 4 is 27.5 Å². The first-order valence-corrected chi connectivity index (χ1v) is 6.20. The molecule has 0 saturated carbocycles. The first-order chi connectivity index (χ1) is 7.75. The average Bonchev–Trinajstić information content (AvgIpc) is 2.66. The maximum absolute atomic E-state index is 10.6. The number of primary amides is 1. The number of nitrogens with two attached hydrogens (primary N) is 1. The second-order valence-corrected chi connectivity index (χ2v) is 4.86. The van der Waals surface area contributed by atoms with Crippen molar-refractivity contribution in [3.05, 3.63) is 29.3 Å². The molecule has 4 heteroatoms. The van der Waals surface area contributed by atoms with Gasteiger partial charge in [-0.15, -0.1) is 11.3 Å². The van der Waals surface area contributed by atoms with Crippen molar-refractivity contribution in [3.63, 3.8) is 0 Å². The lowest BCUT2D eigenvalue weighted by Crippen LogP contribution is -2.09. The van der Waals surface area contributed by atoms with Gasteiger partial charge in [0.2, 0.25) is 5.91 Å². The molecule has 0 unspecified atom stereocenters. The number of fused-ring (bicyclic) bond motifs is 1. The van der Waals surface area contributed by atoms with Crippen LogP contribution in [0.1, 0.15) is 24.3 Å². The lowest BCUT2D eigenvalue weighted by atomic mass is 10.2. The molecule has 3 nitrogen and oxygen atoms in total. The van der Waals surface area contributed by atoms with Gasteiger partial charge in [0.05, 0.1) is 15.2 Å². The fourth-order valence-corrected chi connectivity index (χ4v) is 2.61. The lowest BCUT2D eigenvalue weighted by molar-refractivity contribution is -0.118. The Morgan fingerprint density at radius 1 is 1.31 bits per heavy atom. The van der Waals surface area contributed by atoms with E-state index >= 15 is 0 Å². The van der Waals surface area contributed by atoms with E-state index in [4.69, 9.17) is 5.73 Å². The normalized spacial score (nSPS) is 10.8. The molecule has 0 radical (unpaired) electrons. The van der Waals surface area contributed by atoms with Gasteiger partial charge in [0.15, 0.2) is 0 Å². The predicted molar refractivity (Wildman–Crippen MR) is 66.4 cm³/mol. The SMILES string of the molecule is NC(=O)CCCCc1nc2ccccc2s1. The summed E-state index contributed by atoms with van der Waals surface area (Å²) in [5, 5.41) is 1.14. The largest absolute Gasteiger partial charge is 0.370 e. The fourth-order valence-electron chi connectivity index (χ4n) is 1.60. The Kier molecular flexibility index (Phi) is 3.51. The number of unbranched alkanes of at least 4 members (excludes halogenated alkanes) is 1. The van der Waals surface area contributed by atoms with Crippen molar-refractivity contribution in [1.29, 1.82) is 0 Å². The highest BCUT2D eigenvalue weighted by Crippen LogP contribution is 2.22. The molecule has 0 aliphatic rings. The van der Waals surface area contributed by atoms with Crippen LogP contribution in [0.25, 0.3) is 10.2 Å². The summed E-state index contributed by atoms with van der Waals surface area (Å²) >= 11 is 1.73. The summed E-state index contributed by atoms with van der Waals surface area (Å²) in [6, 6.07) is 8.13. The molecule has 1 aromatic carbocycles. The third-order valence-electron chi connectivity index (χ3n) is 2.40. The molecule has 0 spiro atoms. The van der Waals surface area contributed by atoms with Crippen LogP contribution >= 0.6 is 11.3 Å². The van der Waals surface area contributed by atoms with Crippen molar-refractivity contribution in [2.24, 2.45) is 5.73 Å². The van der Waals surface area contributed by atoms with Gasteiger partial charge in [-0.1, -0.05) is 12.1 Å². The van der Waals surface area contributed by atoms with Gasteiger partial charge in [0, 0.05) is 6.42 Å². The third kappa shape index (κ3) is 2.79. The van der Waals surface area contributed by atoms with E-state index in [0.717, 1.165) is 29.8 Å². The molecule has 0 bridgehead atoms. The van der Waals surface area contributed by atoms with Crippen molar-refractivity contribution in [2.75, 3.05) is 0 Å². The Morgan fingerprint density at radius 2 is 2.12 bits per heavy atom. The molecule has 0 saturated heterocycles. The van der Waals surface area contributed by atoms with Crippen molar-refractivity contribution < 1.29 is 4.79 Å². The van der Waals surface area contributed by atoms with Crippen LogP contribution in [0.3, 0.4) is 0 Å². The highest BCUT2D eigenvalue weighted by molar-refractivity contribution is 7.18. The van der Waals surface area contributed by atoms with E-state index in [0.29, 0.717) is 6.42 Å². The highest BCUT2D eigenvalue weighted by atomic mass is 32.1. The Balaban J connectivity index is 1.92. The first-order valence-electron chi connectivity index (χ1n) is 5.38. The van der Waals surface area contributed by atoms with E-state index < -0.39 is 0 Å². The van der Waals surface area contributed by atoms with Gasteiger partial charge in [-0.2, -0.15) is 0 Å². The van der Waals surface area contributed by atoms with Gasteiger partial charge < -0.3 is 5.73 Å². The van der Waals surface area contributed by atoms with E-state index in [9.17, 15) is 4.79 Å². The first kappa shape index (κ1) is 11.1. The molecule has 16 heavy (non-hydrogen) atoms. The van der Waals surface area contributed by atoms with Crippen molar-refractivity contribution in [1.82, 2.24) is 4.98 Å². The number of nitrogens with zero attached hydrogens (tertiary/aromatic N) is 1. The van der Waals surface area contributed by atoms with Crippen LogP contribution in [0.15, 0.2) is 24.3 Å². The summed E-state index contributed by atoms with van der Waals surface area (Å²) < 4.78 is 1.23. The number of aromatic nitrogens is 1. The van der Waals surface area contributed by atoms with Gasteiger partial charge >= 0.3 is 0 Å². The quantitative estimate of drug-likeness (QED) is 0.808. The monoisotopic (exact) mass is 234 g/mol. The molecule has 1 heterocycles. The number of hydrogen-bond acceptors (Lipinski definition) is 3. The van der Waals surface area contributed by atoms with Gasteiger partial charge in [-0.25, -0.2) is 4.98 Å². The second kappa shape index (κ2) is 5.07. The number of hydrogen-bond donors (Lipinski definition) is 1. The second-order valence-electron chi connectivity index (χ2n) is 3.75. The summed E-state index contributed by atoms with van der Waals surface area (Å²) in [6.07, 6.45) is 3.24. The zero-order valence-electron chi connectivity index (χ0n) is 8.98. The Labute approximate surface area is 98.3 Å². The van der Waals surface area contributed by atoms with E-state index in [-0.39, 0.29) is 5.91 Å². The number of benzene rings is 1. The Morgan fingerprint density at radius 3 is 2.88 bits per heavy atom. The van der Waals surface area contributed by atoms with E-state index in [1.807, 2.05) is 18.2 Å².